The third-order valence-corrected chi connectivity index (χ3v) is 3.43. The van der Waals surface area contributed by atoms with Gasteiger partial charge in [-0.15, -0.1) is 0 Å². The summed E-state index contributed by atoms with van der Waals surface area (Å²) >= 11 is 0. The lowest BCUT2D eigenvalue weighted by molar-refractivity contribution is -0.115. The van der Waals surface area contributed by atoms with E-state index < -0.39 is 5.91 Å². The van der Waals surface area contributed by atoms with Gasteiger partial charge in [-0.2, -0.15) is 10.2 Å². The molecule has 124 valence electrons. The molecule has 0 radical (unpaired) electrons. The van der Waals surface area contributed by atoms with Crippen molar-refractivity contribution in [1.29, 1.82) is 0 Å². The van der Waals surface area contributed by atoms with Gasteiger partial charge in [-0.3, -0.25) is 14.3 Å². The number of carbonyl (C=O) groups is 2. The smallest absolute Gasteiger partial charge is 0.272 e. The van der Waals surface area contributed by atoms with Crippen LogP contribution in [0.2, 0.25) is 0 Å². The highest BCUT2D eigenvalue weighted by Crippen LogP contribution is 2.09. The van der Waals surface area contributed by atoms with Crippen LogP contribution < -0.4 is 10.6 Å². The van der Waals surface area contributed by atoms with E-state index in [-0.39, 0.29) is 24.2 Å². The van der Waals surface area contributed by atoms with Crippen molar-refractivity contribution in [3.05, 3.63) is 48.5 Å². The van der Waals surface area contributed by atoms with E-state index in [9.17, 15) is 9.59 Å². The summed E-state index contributed by atoms with van der Waals surface area (Å²) in [6.07, 6.45) is 5.07. The van der Waals surface area contributed by atoms with Crippen LogP contribution in [0.5, 0.6) is 0 Å². The number of hydrogen-bond acceptors (Lipinski definition) is 4. The zero-order chi connectivity index (χ0) is 17.1. The van der Waals surface area contributed by atoms with Crippen molar-refractivity contribution in [3.63, 3.8) is 0 Å². The van der Waals surface area contributed by atoms with Crippen molar-refractivity contribution in [2.45, 2.75) is 19.9 Å². The first-order valence-corrected chi connectivity index (χ1v) is 7.59. The number of carbonyl (C=O) groups excluding carboxylic acids is 2. The molecular weight excluding hydrogens is 308 g/mol. The normalized spacial score (nSPS) is 11.0. The average Bonchev–Trinajstić information content (AvgIpc) is 3.19. The van der Waals surface area contributed by atoms with Gasteiger partial charge in [0.05, 0.1) is 23.9 Å². The molecule has 3 rings (SSSR count). The minimum atomic E-state index is -0.397. The van der Waals surface area contributed by atoms with Crippen molar-refractivity contribution in [3.8, 4) is 0 Å². The van der Waals surface area contributed by atoms with Crippen molar-refractivity contribution >= 4 is 23.0 Å². The summed E-state index contributed by atoms with van der Waals surface area (Å²) in [5.41, 5.74) is 1.67. The molecule has 2 N–H and O–H groups in total. The molecule has 0 aliphatic carbocycles. The van der Waals surface area contributed by atoms with Crippen LogP contribution in [0.25, 0.3) is 5.52 Å². The number of amides is 2. The first-order valence-electron chi connectivity index (χ1n) is 7.59. The molecule has 3 aromatic rings. The topological polar surface area (TPSA) is 93.3 Å². The highest BCUT2D eigenvalue weighted by Gasteiger charge is 2.12. The number of rotatable bonds is 5. The molecule has 8 heteroatoms. The molecule has 3 aromatic heterocycles. The van der Waals surface area contributed by atoms with E-state index in [0.717, 1.165) is 5.52 Å². The molecule has 0 bridgehead atoms. The first kappa shape index (κ1) is 15.7. The SMILES string of the molecule is CC(C)n1cc(NC(=O)CNC(=O)c2cc3ccccn3n2)cn1. The molecule has 0 unspecified atom stereocenters. The maximum atomic E-state index is 12.1. The van der Waals surface area contributed by atoms with Crippen molar-refractivity contribution in [1.82, 2.24) is 24.7 Å². The molecule has 24 heavy (non-hydrogen) atoms. The molecule has 0 aromatic carbocycles. The quantitative estimate of drug-likeness (QED) is 0.742. The number of nitrogens with one attached hydrogen (secondary N) is 2. The van der Waals surface area contributed by atoms with Gasteiger partial charge in [-0.05, 0) is 32.0 Å². The summed E-state index contributed by atoms with van der Waals surface area (Å²) in [4.78, 5) is 24.0. The fraction of sp³-hybridized carbons (Fsp3) is 0.250. The highest BCUT2D eigenvalue weighted by atomic mass is 16.2. The number of aromatic nitrogens is 4. The Bertz CT molecular complexity index is 846. The Labute approximate surface area is 138 Å². The van der Waals surface area contributed by atoms with E-state index >= 15 is 0 Å². The molecule has 0 aliphatic heterocycles. The van der Waals surface area contributed by atoms with Crippen LogP contribution in [0.15, 0.2) is 42.9 Å². The maximum absolute atomic E-state index is 12.1. The molecule has 0 atom stereocenters. The van der Waals surface area contributed by atoms with Gasteiger partial charge in [-0.25, -0.2) is 4.52 Å². The summed E-state index contributed by atoms with van der Waals surface area (Å²) < 4.78 is 3.35. The Morgan fingerprint density at radius 1 is 1.29 bits per heavy atom. The number of fused-ring (bicyclic) bond motifs is 1. The van der Waals surface area contributed by atoms with Gasteiger partial charge < -0.3 is 10.6 Å². The Morgan fingerprint density at radius 3 is 2.83 bits per heavy atom. The van der Waals surface area contributed by atoms with Crippen LogP contribution in [0.4, 0.5) is 5.69 Å². The van der Waals surface area contributed by atoms with Crippen LogP contribution in [0, 0.1) is 0 Å². The van der Waals surface area contributed by atoms with Gasteiger partial charge in [0, 0.05) is 18.4 Å². The van der Waals surface area contributed by atoms with Crippen molar-refractivity contribution in [2.75, 3.05) is 11.9 Å². The van der Waals surface area contributed by atoms with Gasteiger partial charge in [-0.1, -0.05) is 6.07 Å². The van der Waals surface area contributed by atoms with E-state index in [0.29, 0.717) is 5.69 Å². The Kier molecular flexibility index (Phi) is 4.28. The summed E-state index contributed by atoms with van der Waals surface area (Å²) in [5, 5.41) is 13.5. The second-order valence-electron chi connectivity index (χ2n) is 5.63. The van der Waals surface area contributed by atoms with Crippen LogP contribution >= 0.6 is 0 Å². The lowest BCUT2D eigenvalue weighted by Crippen LogP contribution is -2.33. The minimum absolute atomic E-state index is 0.139. The fourth-order valence-electron chi connectivity index (χ4n) is 2.19. The van der Waals surface area contributed by atoms with Crippen LogP contribution in [0.1, 0.15) is 30.4 Å². The first-order chi connectivity index (χ1) is 11.5. The van der Waals surface area contributed by atoms with Crippen LogP contribution in [-0.4, -0.2) is 37.8 Å². The predicted molar refractivity (Wildman–Crippen MR) is 88.8 cm³/mol. The largest absolute Gasteiger partial charge is 0.342 e. The Morgan fingerprint density at radius 2 is 2.12 bits per heavy atom. The monoisotopic (exact) mass is 326 g/mol. The number of pyridine rings is 1. The lowest BCUT2D eigenvalue weighted by atomic mass is 10.3. The zero-order valence-electron chi connectivity index (χ0n) is 13.4. The van der Waals surface area contributed by atoms with Crippen LogP contribution in [0.3, 0.4) is 0 Å². The van der Waals surface area contributed by atoms with Gasteiger partial charge >= 0.3 is 0 Å². The summed E-state index contributed by atoms with van der Waals surface area (Å²) in [6, 6.07) is 7.42. The van der Waals surface area contributed by atoms with Crippen molar-refractivity contribution in [2.24, 2.45) is 0 Å². The van der Waals surface area contributed by atoms with E-state index in [1.54, 1.807) is 33.9 Å². The molecule has 0 saturated heterocycles. The van der Waals surface area contributed by atoms with E-state index in [2.05, 4.69) is 20.8 Å². The molecule has 3 heterocycles. The molecular formula is C16H18N6O2. The van der Waals surface area contributed by atoms with E-state index in [1.807, 2.05) is 32.0 Å². The van der Waals surface area contributed by atoms with Gasteiger partial charge in [0.25, 0.3) is 5.91 Å². The van der Waals surface area contributed by atoms with E-state index in [1.165, 1.54) is 0 Å². The lowest BCUT2D eigenvalue weighted by Gasteiger charge is -2.05. The Balaban J connectivity index is 1.56. The third kappa shape index (κ3) is 3.43. The zero-order valence-corrected chi connectivity index (χ0v) is 13.4. The van der Waals surface area contributed by atoms with E-state index in [4.69, 9.17) is 0 Å². The second kappa shape index (κ2) is 6.53. The second-order valence-corrected chi connectivity index (χ2v) is 5.63. The average molecular weight is 326 g/mol. The summed E-state index contributed by atoms with van der Waals surface area (Å²) in [5.74, 6) is -0.720. The molecule has 0 spiro atoms. The standard InChI is InChI=1S/C16H18N6O2/c1-11(2)22-10-12(8-18-22)19-15(23)9-17-16(24)14-7-13-5-3-4-6-21(13)20-14/h3-8,10-11H,9H2,1-2H3,(H,17,24)(H,19,23). The van der Waals surface area contributed by atoms with Crippen molar-refractivity contribution < 1.29 is 9.59 Å². The fourth-order valence-corrected chi connectivity index (χ4v) is 2.19. The molecule has 0 aliphatic rings. The number of anilines is 1. The minimum Gasteiger partial charge on any atom is -0.342 e. The molecule has 8 nitrogen and oxygen atoms in total. The summed E-state index contributed by atoms with van der Waals surface area (Å²) in [7, 11) is 0. The van der Waals surface area contributed by atoms with Gasteiger partial charge in [0.15, 0.2) is 5.69 Å². The Hall–Kier alpha value is -3.16. The third-order valence-electron chi connectivity index (χ3n) is 3.43. The molecule has 2 amide bonds. The number of nitrogens with zero attached hydrogens (tertiary/aromatic N) is 4. The van der Waals surface area contributed by atoms with Gasteiger partial charge in [0.1, 0.15) is 0 Å². The van der Waals surface area contributed by atoms with Crippen LogP contribution in [-0.2, 0) is 4.79 Å². The summed E-state index contributed by atoms with van der Waals surface area (Å²) in [6.45, 7) is 3.85. The maximum Gasteiger partial charge on any atom is 0.272 e. The highest BCUT2D eigenvalue weighted by molar-refractivity contribution is 5.98. The molecule has 0 saturated carbocycles. The molecule has 0 fully saturated rings. The number of hydrogen-bond donors (Lipinski definition) is 2. The van der Waals surface area contributed by atoms with Gasteiger partial charge in [0.2, 0.25) is 5.91 Å². The predicted octanol–water partition coefficient (Wildman–Crippen LogP) is 1.48.